The maximum absolute atomic E-state index is 12.4. The highest BCUT2D eigenvalue weighted by atomic mass is 16.4. The molecular weight excluding hydrogens is 260 g/mol. The van der Waals surface area contributed by atoms with E-state index >= 15 is 0 Å². The molecule has 20 heavy (non-hydrogen) atoms. The van der Waals surface area contributed by atoms with E-state index < -0.39 is 11.9 Å². The first-order valence-electron chi connectivity index (χ1n) is 7.32. The standard InChI is InChI=1S/C14H26N2O4/c1-11(13(18)19)10-15(2)14(20)16(8-9-17)12-6-4-3-5-7-12/h11-12,17H,3-10H2,1-2H3,(H,18,19). The molecule has 0 aliphatic heterocycles. The number of carboxylic acid groups (broad SMARTS) is 1. The van der Waals surface area contributed by atoms with Crippen LogP contribution in [-0.4, -0.2) is 64.8 Å². The smallest absolute Gasteiger partial charge is 0.320 e. The molecule has 1 aliphatic rings. The molecule has 0 spiro atoms. The van der Waals surface area contributed by atoms with Gasteiger partial charge in [0.2, 0.25) is 0 Å². The van der Waals surface area contributed by atoms with Crippen LogP contribution in [0, 0.1) is 5.92 Å². The molecule has 2 N–H and O–H groups in total. The van der Waals surface area contributed by atoms with E-state index in [0.717, 1.165) is 25.7 Å². The van der Waals surface area contributed by atoms with Gasteiger partial charge in [-0.15, -0.1) is 0 Å². The molecule has 1 atom stereocenters. The highest BCUT2D eigenvalue weighted by Gasteiger charge is 2.28. The number of nitrogens with zero attached hydrogens (tertiary/aromatic N) is 2. The van der Waals surface area contributed by atoms with Gasteiger partial charge in [-0.05, 0) is 12.8 Å². The van der Waals surface area contributed by atoms with Crippen LogP contribution in [0.2, 0.25) is 0 Å². The van der Waals surface area contributed by atoms with Gasteiger partial charge < -0.3 is 20.0 Å². The molecule has 6 nitrogen and oxygen atoms in total. The third-order valence-corrected chi connectivity index (χ3v) is 3.90. The Morgan fingerprint density at radius 1 is 1.25 bits per heavy atom. The third kappa shape index (κ3) is 4.67. The number of rotatable bonds is 6. The SMILES string of the molecule is CC(CN(C)C(=O)N(CCO)C1CCCCC1)C(=O)O. The van der Waals surface area contributed by atoms with Crippen LogP contribution in [0.1, 0.15) is 39.0 Å². The Hall–Kier alpha value is -1.30. The fourth-order valence-corrected chi connectivity index (χ4v) is 2.72. The molecule has 116 valence electrons. The molecule has 2 amide bonds. The summed E-state index contributed by atoms with van der Waals surface area (Å²) in [5, 5.41) is 18.1. The van der Waals surface area contributed by atoms with E-state index in [0.29, 0.717) is 6.54 Å². The summed E-state index contributed by atoms with van der Waals surface area (Å²) in [6.07, 6.45) is 5.34. The summed E-state index contributed by atoms with van der Waals surface area (Å²) in [6.45, 7) is 2.02. The van der Waals surface area contributed by atoms with E-state index in [1.165, 1.54) is 11.3 Å². The van der Waals surface area contributed by atoms with Crippen molar-refractivity contribution >= 4 is 12.0 Å². The first kappa shape index (κ1) is 16.8. The highest BCUT2D eigenvalue weighted by Crippen LogP contribution is 2.23. The van der Waals surface area contributed by atoms with Crippen molar-refractivity contribution in [2.24, 2.45) is 5.92 Å². The molecule has 0 saturated heterocycles. The third-order valence-electron chi connectivity index (χ3n) is 3.90. The van der Waals surface area contributed by atoms with E-state index in [9.17, 15) is 9.59 Å². The molecule has 0 heterocycles. The van der Waals surface area contributed by atoms with Gasteiger partial charge in [0.05, 0.1) is 12.5 Å². The minimum absolute atomic E-state index is 0.0649. The Kier molecular flexibility index (Phi) is 6.78. The van der Waals surface area contributed by atoms with Crippen LogP contribution in [0.5, 0.6) is 0 Å². The Balaban J connectivity index is 2.64. The summed E-state index contributed by atoms with van der Waals surface area (Å²) in [5.74, 6) is -1.50. The molecule has 1 fully saturated rings. The zero-order chi connectivity index (χ0) is 15.1. The van der Waals surface area contributed by atoms with Gasteiger partial charge in [0.25, 0.3) is 0 Å². The lowest BCUT2D eigenvalue weighted by Gasteiger charge is -2.36. The van der Waals surface area contributed by atoms with E-state index in [2.05, 4.69) is 0 Å². The van der Waals surface area contributed by atoms with Crippen LogP contribution in [0.15, 0.2) is 0 Å². The summed E-state index contributed by atoms with van der Waals surface area (Å²) in [5.41, 5.74) is 0. The minimum Gasteiger partial charge on any atom is -0.481 e. The molecule has 1 aliphatic carbocycles. The van der Waals surface area contributed by atoms with E-state index in [-0.39, 0.29) is 25.2 Å². The Bertz CT molecular complexity index is 329. The summed E-state index contributed by atoms with van der Waals surface area (Å²) >= 11 is 0. The number of amides is 2. The van der Waals surface area contributed by atoms with E-state index in [1.54, 1.807) is 18.9 Å². The van der Waals surface area contributed by atoms with Crippen LogP contribution in [0.25, 0.3) is 0 Å². The lowest BCUT2D eigenvalue weighted by Crippen LogP contribution is -2.50. The lowest BCUT2D eigenvalue weighted by atomic mass is 9.94. The van der Waals surface area contributed by atoms with Crippen LogP contribution >= 0.6 is 0 Å². The summed E-state index contributed by atoms with van der Waals surface area (Å²) in [6, 6.07) is -0.00923. The van der Waals surface area contributed by atoms with Crippen molar-refractivity contribution in [3.63, 3.8) is 0 Å². The molecule has 6 heteroatoms. The second kappa shape index (κ2) is 8.09. The zero-order valence-electron chi connectivity index (χ0n) is 12.4. The number of aliphatic hydroxyl groups excluding tert-OH is 1. The van der Waals surface area contributed by atoms with E-state index in [4.69, 9.17) is 10.2 Å². The summed E-state index contributed by atoms with van der Waals surface area (Å²) in [7, 11) is 1.62. The number of hydrogen-bond donors (Lipinski definition) is 2. The van der Waals surface area contributed by atoms with Crippen molar-refractivity contribution < 1.29 is 19.8 Å². The average molecular weight is 286 g/mol. The second-order valence-electron chi connectivity index (χ2n) is 5.61. The van der Waals surface area contributed by atoms with Crippen LogP contribution in [-0.2, 0) is 4.79 Å². The quantitative estimate of drug-likeness (QED) is 0.773. The van der Waals surface area contributed by atoms with Crippen LogP contribution < -0.4 is 0 Å². The van der Waals surface area contributed by atoms with Gasteiger partial charge in [-0.2, -0.15) is 0 Å². The molecule has 0 aromatic rings. The van der Waals surface area contributed by atoms with Crippen molar-refractivity contribution in [1.82, 2.24) is 9.80 Å². The van der Waals surface area contributed by atoms with Gasteiger partial charge in [-0.3, -0.25) is 4.79 Å². The number of carboxylic acids is 1. The van der Waals surface area contributed by atoms with Crippen molar-refractivity contribution in [2.75, 3.05) is 26.7 Å². The zero-order valence-corrected chi connectivity index (χ0v) is 12.4. The van der Waals surface area contributed by atoms with E-state index in [1.807, 2.05) is 0 Å². The Labute approximate surface area is 120 Å². The fourth-order valence-electron chi connectivity index (χ4n) is 2.72. The predicted molar refractivity (Wildman–Crippen MR) is 75.5 cm³/mol. The molecular formula is C14H26N2O4. The van der Waals surface area contributed by atoms with Gasteiger partial charge in [0.15, 0.2) is 0 Å². The van der Waals surface area contributed by atoms with Crippen molar-refractivity contribution in [1.29, 1.82) is 0 Å². The molecule has 0 radical (unpaired) electrons. The Morgan fingerprint density at radius 3 is 2.35 bits per heavy atom. The number of carbonyl (C=O) groups is 2. The molecule has 0 aromatic carbocycles. The summed E-state index contributed by atoms with van der Waals surface area (Å²) in [4.78, 5) is 26.5. The topological polar surface area (TPSA) is 81.1 Å². The highest BCUT2D eigenvalue weighted by molar-refractivity contribution is 5.76. The molecule has 1 saturated carbocycles. The van der Waals surface area contributed by atoms with Gasteiger partial charge in [-0.1, -0.05) is 26.2 Å². The minimum atomic E-state index is -0.906. The second-order valence-corrected chi connectivity index (χ2v) is 5.61. The Morgan fingerprint density at radius 2 is 1.85 bits per heavy atom. The van der Waals surface area contributed by atoms with Crippen molar-refractivity contribution in [3.8, 4) is 0 Å². The monoisotopic (exact) mass is 286 g/mol. The fraction of sp³-hybridized carbons (Fsp3) is 0.857. The van der Waals surface area contributed by atoms with Gasteiger partial charge in [0, 0.05) is 26.2 Å². The molecule has 0 aromatic heterocycles. The normalized spacial score (nSPS) is 17.6. The summed E-state index contributed by atoms with van der Waals surface area (Å²) < 4.78 is 0. The van der Waals surface area contributed by atoms with Crippen molar-refractivity contribution in [2.45, 2.75) is 45.1 Å². The maximum Gasteiger partial charge on any atom is 0.320 e. The molecule has 1 rings (SSSR count). The number of hydrogen-bond acceptors (Lipinski definition) is 3. The first-order valence-corrected chi connectivity index (χ1v) is 7.32. The predicted octanol–water partition coefficient (Wildman–Crippen LogP) is 1.39. The van der Waals surface area contributed by atoms with Crippen LogP contribution in [0.4, 0.5) is 4.79 Å². The molecule has 0 bridgehead atoms. The first-order chi connectivity index (χ1) is 9.47. The van der Waals surface area contributed by atoms with Gasteiger partial charge in [-0.25, -0.2) is 4.79 Å². The lowest BCUT2D eigenvalue weighted by molar-refractivity contribution is -0.141. The number of carbonyl (C=O) groups excluding carboxylic acids is 1. The van der Waals surface area contributed by atoms with Crippen molar-refractivity contribution in [3.05, 3.63) is 0 Å². The molecule has 1 unspecified atom stereocenters. The maximum atomic E-state index is 12.4. The number of aliphatic carboxylic acids is 1. The largest absolute Gasteiger partial charge is 0.481 e. The number of urea groups is 1. The van der Waals surface area contributed by atoms with Gasteiger partial charge >= 0.3 is 12.0 Å². The number of aliphatic hydroxyl groups is 1. The van der Waals surface area contributed by atoms with Crippen LogP contribution in [0.3, 0.4) is 0 Å². The van der Waals surface area contributed by atoms with Gasteiger partial charge in [0.1, 0.15) is 0 Å². The average Bonchev–Trinajstić information content (AvgIpc) is 2.44.